The molecule has 0 aliphatic carbocycles. The predicted molar refractivity (Wildman–Crippen MR) is 139 cm³/mol. The average molecular weight is 521 g/mol. The van der Waals surface area contributed by atoms with Crippen LogP contribution in [0.3, 0.4) is 0 Å². The molecule has 0 fully saturated rings. The number of fused-ring (bicyclic) bond motifs is 1. The molecular formula is C26H18F2N4O2S2. The number of benzene rings is 3. The van der Waals surface area contributed by atoms with E-state index in [1.807, 2.05) is 35.7 Å². The van der Waals surface area contributed by atoms with Crippen molar-refractivity contribution in [3.8, 4) is 16.9 Å². The zero-order valence-corrected chi connectivity index (χ0v) is 20.4. The highest BCUT2D eigenvalue weighted by atomic mass is 32.2. The van der Waals surface area contributed by atoms with Crippen LogP contribution in [0.15, 0.2) is 88.1 Å². The van der Waals surface area contributed by atoms with Gasteiger partial charge in [-0.2, -0.15) is 0 Å². The average Bonchev–Trinajstić information content (AvgIpc) is 3.34. The van der Waals surface area contributed by atoms with Crippen molar-refractivity contribution in [1.29, 1.82) is 0 Å². The maximum Gasteiger partial charge on any atom is 0.266 e. The van der Waals surface area contributed by atoms with E-state index >= 15 is 0 Å². The van der Waals surface area contributed by atoms with Crippen molar-refractivity contribution < 1.29 is 13.6 Å². The largest absolute Gasteiger partial charge is 0.301 e. The van der Waals surface area contributed by atoms with E-state index in [9.17, 15) is 18.4 Å². The van der Waals surface area contributed by atoms with Crippen LogP contribution in [0.1, 0.15) is 6.92 Å². The van der Waals surface area contributed by atoms with Gasteiger partial charge in [0.2, 0.25) is 5.91 Å². The molecule has 5 aromatic rings. The number of para-hydroxylation sites is 1. The van der Waals surface area contributed by atoms with E-state index < -0.39 is 22.4 Å². The van der Waals surface area contributed by atoms with Crippen molar-refractivity contribution in [2.45, 2.75) is 17.3 Å². The van der Waals surface area contributed by atoms with Crippen LogP contribution in [-0.2, 0) is 4.79 Å². The van der Waals surface area contributed by atoms with Gasteiger partial charge in [0.25, 0.3) is 5.56 Å². The predicted octanol–water partition coefficient (Wildman–Crippen LogP) is 5.91. The Labute approximate surface area is 212 Å². The molecule has 0 saturated carbocycles. The van der Waals surface area contributed by atoms with Gasteiger partial charge in [-0.15, -0.1) is 11.3 Å². The Morgan fingerprint density at radius 2 is 1.78 bits per heavy atom. The molecular weight excluding hydrogens is 502 g/mol. The number of amides is 1. The molecule has 10 heteroatoms. The minimum absolute atomic E-state index is 0.107. The molecule has 1 amide bonds. The molecule has 2 heterocycles. The van der Waals surface area contributed by atoms with Gasteiger partial charge in [0, 0.05) is 17.0 Å². The quantitative estimate of drug-likeness (QED) is 0.223. The summed E-state index contributed by atoms with van der Waals surface area (Å²) < 4.78 is 29.3. The molecule has 180 valence electrons. The SMILES string of the molecule is C[C@H](Sc1nc2ccccc2c(=O)n1-c1ccc(F)cc1F)C(=O)Nc1nc(-c2ccccc2)cs1. The molecule has 0 bridgehead atoms. The summed E-state index contributed by atoms with van der Waals surface area (Å²) in [6.07, 6.45) is 0. The van der Waals surface area contributed by atoms with Gasteiger partial charge in [-0.05, 0) is 31.2 Å². The lowest BCUT2D eigenvalue weighted by Crippen LogP contribution is -2.26. The first-order valence-corrected chi connectivity index (χ1v) is 12.6. The van der Waals surface area contributed by atoms with Crippen LogP contribution in [0.5, 0.6) is 0 Å². The van der Waals surface area contributed by atoms with Gasteiger partial charge in [0.15, 0.2) is 10.3 Å². The third-order valence-electron chi connectivity index (χ3n) is 5.35. The lowest BCUT2D eigenvalue weighted by molar-refractivity contribution is -0.115. The van der Waals surface area contributed by atoms with E-state index in [2.05, 4.69) is 15.3 Å². The number of halogens is 2. The number of thioether (sulfide) groups is 1. The summed E-state index contributed by atoms with van der Waals surface area (Å²) in [5.74, 6) is -2.04. The Morgan fingerprint density at radius 1 is 1.03 bits per heavy atom. The summed E-state index contributed by atoms with van der Waals surface area (Å²) in [6.45, 7) is 1.65. The maximum atomic E-state index is 14.7. The molecule has 0 aliphatic heterocycles. The number of hydrogen-bond acceptors (Lipinski definition) is 6. The highest BCUT2D eigenvalue weighted by Crippen LogP contribution is 2.29. The minimum Gasteiger partial charge on any atom is -0.301 e. The summed E-state index contributed by atoms with van der Waals surface area (Å²) in [6, 6.07) is 19.2. The van der Waals surface area contributed by atoms with Crippen LogP contribution in [0.2, 0.25) is 0 Å². The standard InChI is InChI=1S/C26H18F2N4O2S2/c1-15(23(33)31-25-29-21(14-35-25)16-7-3-2-4-8-16)36-26-30-20-10-6-5-9-18(20)24(34)32(26)22-12-11-17(27)13-19(22)28/h2-15H,1H3,(H,29,31,33)/t15-/m0/s1. The molecule has 0 saturated heterocycles. The fourth-order valence-corrected chi connectivity index (χ4v) is 5.20. The first-order valence-electron chi connectivity index (χ1n) is 10.9. The van der Waals surface area contributed by atoms with Gasteiger partial charge in [-0.25, -0.2) is 18.7 Å². The number of aromatic nitrogens is 3. The first-order chi connectivity index (χ1) is 17.4. The number of carbonyl (C=O) groups excluding carboxylic acids is 1. The monoisotopic (exact) mass is 520 g/mol. The molecule has 2 aromatic heterocycles. The molecule has 0 unspecified atom stereocenters. The molecule has 1 N–H and O–H groups in total. The molecule has 0 aliphatic rings. The number of anilines is 1. The Balaban J connectivity index is 1.45. The Bertz CT molecular complexity index is 1640. The Hall–Kier alpha value is -3.89. The van der Waals surface area contributed by atoms with Crippen molar-refractivity contribution in [1.82, 2.24) is 14.5 Å². The minimum atomic E-state index is -0.913. The van der Waals surface area contributed by atoms with Crippen molar-refractivity contribution in [2.75, 3.05) is 5.32 Å². The first kappa shape index (κ1) is 23.8. The molecule has 36 heavy (non-hydrogen) atoms. The second-order valence-electron chi connectivity index (χ2n) is 7.80. The van der Waals surface area contributed by atoms with E-state index in [-0.39, 0.29) is 22.1 Å². The van der Waals surface area contributed by atoms with Crippen molar-refractivity contribution in [3.05, 3.63) is 100 Å². The summed E-state index contributed by atoms with van der Waals surface area (Å²) in [5, 5.41) is 4.74. The molecule has 0 spiro atoms. The van der Waals surface area contributed by atoms with Crippen LogP contribution >= 0.6 is 23.1 Å². The van der Waals surface area contributed by atoms with Crippen molar-refractivity contribution in [2.24, 2.45) is 0 Å². The van der Waals surface area contributed by atoms with E-state index in [0.29, 0.717) is 16.7 Å². The van der Waals surface area contributed by atoms with Gasteiger partial charge >= 0.3 is 0 Å². The number of thiazole rings is 1. The molecule has 1 atom stereocenters. The number of nitrogens with one attached hydrogen (secondary N) is 1. The number of rotatable bonds is 6. The van der Waals surface area contributed by atoms with Crippen molar-refractivity contribution >= 4 is 45.0 Å². The fourth-order valence-electron chi connectivity index (χ4n) is 3.56. The normalized spacial score (nSPS) is 12.0. The topological polar surface area (TPSA) is 76.9 Å². The smallest absolute Gasteiger partial charge is 0.266 e. The van der Waals surface area contributed by atoms with E-state index in [1.165, 1.54) is 17.4 Å². The van der Waals surface area contributed by atoms with Crippen LogP contribution in [-0.4, -0.2) is 25.7 Å². The highest BCUT2D eigenvalue weighted by molar-refractivity contribution is 8.00. The lowest BCUT2D eigenvalue weighted by atomic mass is 10.2. The van der Waals surface area contributed by atoms with Gasteiger partial charge in [0.1, 0.15) is 11.6 Å². The number of nitrogens with zero attached hydrogens (tertiary/aromatic N) is 3. The zero-order chi connectivity index (χ0) is 25.2. The van der Waals surface area contributed by atoms with Crippen LogP contribution in [0, 0.1) is 11.6 Å². The van der Waals surface area contributed by atoms with E-state index in [4.69, 9.17) is 0 Å². The summed E-state index contributed by atoms with van der Waals surface area (Å²) in [4.78, 5) is 35.3. The summed E-state index contributed by atoms with van der Waals surface area (Å²) in [5.41, 5.74) is 1.41. The molecule has 0 radical (unpaired) electrons. The Kier molecular flexibility index (Phi) is 6.62. The van der Waals surface area contributed by atoms with E-state index in [1.54, 1.807) is 31.2 Å². The fraction of sp³-hybridized carbons (Fsp3) is 0.0769. The maximum absolute atomic E-state index is 14.7. The zero-order valence-electron chi connectivity index (χ0n) is 18.8. The van der Waals surface area contributed by atoms with Crippen molar-refractivity contribution in [3.63, 3.8) is 0 Å². The highest BCUT2D eigenvalue weighted by Gasteiger charge is 2.22. The molecule has 5 rings (SSSR count). The second kappa shape index (κ2) is 10.00. The summed E-state index contributed by atoms with van der Waals surface area (Å²) >= 11 is 2.29. The van der Waals surface area contributed by atoms with Gasteiger partial charge in [-0.1, -0.05) is 54.2 Å². The Morgan fingerprint density at radius 3 is 2.56 bits per heavy atom. The second-order valence-corrected chi connectivity index (χ2v) is 9.97. The van der Waals surface area contributed by atoms with Gasteiger partial charge < -0.3 is 5.32 Å². The van der Waals surface area contributed by atoms with Gasteiger partial charge in [0.05, 0.1) is 27.5 Å². The number of carbonyl (C=O) groups is 1. The van der Waals surface area contributed by atoms with Crippen LogP contribution < -0.4 is 10.9 Å². The summed E-state index contributed by atoms with van der Waals surface area (Å²) in [7, 11) is 0. The lowest BCUT2D eigenvalue weighted by Gasteiger charge is -2.16. The number of hydrogen-bond donors (Lipinski definition) is 1. The third-order valence-corrected chi connectivity index (χ3v) is 7.16. The van der Waals surface area contributed by atoms with Crippen LogP contribution in [0.25, 0.3) is 27.8 Å². The molecule has 3 aromatic carbocycles. The third kappa shape index (κ3) is 4.77. The van der Waals surface area contributed by atoms with Crippen LogP contribution in [0.4, 0.5) is 13.9 Å². The molecule has 6 nitrogen and oxygen atoms in total. The van der Waals surface area contributed by atoms with E-state index in [0.717, 1.165) is 33.7 Å². The van der Waals surface area contributed by atoms with Gasteiger partial charge in [-0.3, -0.25) is 14.2 Å².